The number of hydrogen-bond acceptors (Lipinski definition) is 3. The van der Waals surface area contributed by atoms with Crippen LogP contribution in [0.15, 0.2) is 24.3 Å². The van der Waals surface area contributed by atoms with Gasteiger partial charge in [-0.05, 0) is 11.6 Å². The molecule has 16 heavy (non-hydrogen) atoms. The minimum atomic E-state index is -0.358. The highest BCUT2D eigenvalue weighted by Crippen LogP contribution is 2.11. The quantitative estimate of drug-likeness (QED) is 0.431. The number of rotatable bonds is 5. The minimum Gasteiger partial charge on any atom is -0.461 e. The fourth-order valence-corrected chi connectivity index (χ4v) is 1.28. The van der Waals surface area contributed by atoms with Gasteiger partial charge in [-0.25, -0.2) is 4.79 Å². The third kappa shape index (κ3) is 3.41. The van der Waals surface area contributed by atoms with E-state index in [0.29, 0.717) is 18.6 Å². The highest BCUT2D eigenvalue weighted by atomic mass is 16.5. The first kappa shape index (κ1) is 12.3. The predicted molar refractivity (Wildman–Crippen MR) is 60.9 cm³/mol. The third-order valence-electron chi connectivity index (χ3n) is 2.02. The summed E-state index contributed by atoms with van der Waals surface area (Å²) in [5.41, 5.74) is 1.34. The van der Waals surface area contributed by atoms with Gasteiger partial charge in [-0.3, -0.25) is 0 Å². The second kappa shape index (κ2) is 6.65. The predicted octanol–water partition coefficient (Wildman–Crippen LogP) is 2.01. The maximum absolute atomic E-state index is 11.7. The van der Waals surface area contributed by atoms with Gasteiger partial charge in [0.2, 0.25) is 0 Å². The van der Waals surface area contributed by atoms with E-state index in [2.05, 4.69) is 5.92 Å². The molecule has 0 N–H and O–H groups in total. The van der Waals surface area contributed by atoms with Gasteiger partial charge in [0.15, 0.2) is 0 Å². The van der Waals surface area contributed by atoms with Crippen LogP contribution in [0.2, 0.25) is 0 Å². The summed E-state index contributed by atoms with van der Waals surface area (Å²) in [7, 11) is 1.58. The molecule has 0 fully saturated rings. The van der Waals surface area contributed by atoms with Crippen molar-refractivity contribution in [2.24, 2.45) is 0 Å². The van der Waals surface area contributed by atoms with Crippen molar-refractivity contribution in [2.45, 2.75) is 13.0 Å². The Labute approximate surface area is 95.4 Å². The summed E-state index contributed by atoms with van der Waals surface area (Å²) < 4.78 is 10.0. The molecule has 0 aliphatic carbocycles. The van der Waals surface area contributed by atoms with Gasteiger partial charge in [0.1, 0.15) is 6.61 Å². The maximum atomic E-state index is 11.7. The van der Waals surface area contributed by atoms with Crippen molar-refractivity contribution in [1.82, 2.24) is 0 Å². The molecule has 0 spiro atoms. The zero-order valence-electron chi connectivity index (χ0n) is 9.23. The molecule has 0 saturated carbocycles. The summed E-state index contributed by atoms with van der Waals surface area (Å²) in [6.07, 6.45) is 5.50. The Morgan fingerprint density at radius 2 is 2.19 bits per heavy atom. The van der Waals surface area contributed by atoms with Gasteiger partial charge in [0, 0.05) is 13.5 Å². The summed E-state index contributed by atoms with van der Waals surface area (Å²) in [6.45, 7) is 0.636. The Morgan fingerprint density at radius 1 is 1.44 bits per heavy atom. The van der Waals surface area contributed by atoms with Crippen LogP contribution in [-0.2, 0) is 16.1 Å². The van der Waals surface area contributed by atoms with Gasteiger partial charge in [-0.2, -0.15) is 0 Å². The van der Waals surface area contributed by atoms with Gasteiger partial charge in [-0.1, -0.05) is 18.2 Å². The molecule has 0 saturated heterocycles. The zero-order valence-corrected chi connectivity index (χ0v) is 9.23. The van der Waals surface area contributed by atoms with Gasteiger partial charge in [0.05, 0.1) is 12.2 Å². The van der Waals surface area contributed by atoms with Crippen LogP contribution in [0.5, 0.6) is 0 Å². The van der Waals surface area contributed by atoms with Crippen molar-refractivity contribution < 1.29 is 14.3 Å². The lowest BCUT2D eigenvalue weighted by Crippen LogP contribution is -2.09. The van der Waals surface area contributed by atoms with Crippen LogP contribution in [0.1, 0.15) is 22.3 Å². The lowest BCUT2D eigenvalue weighted by molar-refractivity contribution is 0.0509. The van der Waals surface area contributed by atoms with Crippen LogP contribution in [0, 0.1) is 12.3 Å². The van der Waals surface area contributed by atoms with Crippen LogP contribution < -0.4 is 0 Å². The Bertz CT molecular complexity index is 390. The van der Waals surface area contributed by atoms with E-state index in [1.807, 2.05) is 12.1 Å². The van der Waals surface area contributed by atoms with Crippen molar-refractivity contribution >= 4 is 5.97 Å². The van der Waals surface area contributed by atoms with Crippen LogP contribution in [-0.4, -0.2) is 19.7 Å². The molecule has 0 aromatic heterocycles. The highest BCUT2D eigenvalue weighted by Gasteiger charge is 2.11. The molecule has 1 aromatic carbocycles. The Kier molecular flexibility index (Phi) is 5.10. The van der Waals surface area contributed by atoms with Crippen LogP contribution in [0.3, 0.4) is 0 Å². The van der Waals surface area contributed by atoms with E-state index in [4.69, 9.17) is 15.9 Å². The Morgan fingerprint density at radius 3 is 2.88 bits per heavy atom. The normalized spacial score (nSPS) is 9.50. The lowest BCUT2D eigenvalue weighted by atomic mass is 10.1. The van der Waals surface area contributed by atoms with Gasteiger partial charge in [-0.15, -0.1) is 12.3 Å². The van der Waals surface area contributed by atoms with Crippen molar-refractivity contribution in [1.29, 1.82) is 0 Å². The number of terminal acetylenes is 1. The summed E-state index contributed by atoms with van der Waals surface area (Å²) in [5, 5.41) is 0. The largest absolute Gasteiger partial charge is 0.461 e. The molecule has 1 aromatic rings. The second-order valence-corrected chi connectivity index (χ2v) is 3.18. The van der Waals surface area contributed by atoms with Crippen molar-refractivity contribution in [3.05, 3.63) is 35.4 Å². The molecule has 0 heterocycles. The topological polar surface area (TPSA) is 35.5 Å². The summed E-state index contributed by atoms with van der Waals surface area (Å²) in [6, 6.07) is 7.19. The first-order chi connectivity index (χ1) is 7.79. The molecular formula is C13H14O3. The number of benzene rings is 1. The number of methoxy groups -OCH3 is 1. The molecule has 84 valence electrons. The fraction of sp³-hybridized carbons (Fsp3) is 0.308. The first-order valence-electron chi connectivity index (χ1n) is 4.97. The third-order valence-corrected chi connectivity index (χ3v) is 2.02. The smallest absolute Gasteiger partial charge is 0.338 e. The molecule has 0 atom stereocenters. The molecule has 0 unspecified atom stereocenters. The molecule has 0 aliphatic rings. The number of hydrogen-bond donors (Lipinski definition) is 0. The average molecular weight is 218 g/mol. The van der Waals surface area contributed by atoms with Crippen molar-refractivity contribution in [2.75, 3.05) is 13.7 Å². The molecule has 0 bridgehead atoms. The molecule has 0 aliphatic heterocycles. The maximum Gasteiger partial charge on any atom is 0.338 e. The standard InChI is InChI=1S/C13H14O3/c1-3-4-9-16-13(14)12-8-6-5-7-11(12)10-15-2/h1,5-8H,4,9-10H2,2H3. The fourth-order valence-electron chi connectivity index (χ4n) is 1.28. The van der Waals surface area contributed by atoms with E-state index in [0.717, 1.165) is 5.56 Å². The van der Waals surface area contributed by atoms with Gasteiger partial charge >= 0.3 is 5.97 Å². The number of carbonyl (C=O) groups excluding carboxylic acids is 1. The van der Waals surface area contributed by atoms with Gasteiger partial charge in [0.25, 0.3) is 0 Å². The number of carbonyl (C=O) groups is 1. The van der Waals surface area contributed by atoms with Crippen LogP contribution in [0.25, 0.3) is 0 Å². The van der Waals surface area contributed by atoms with E-state index in [-0.39, 0.29) is 12.6 Å². The second-order valence-electron chi connectivity index (χ2n) is 3.18. The summed E-state index contributed by atoms with van der Waals surface area (Å²) >= 11 is 0. The first-order valence-corrected chi connectivity index (χ1v) is 4.97. The molecule has 3 heteroatoms. The SMILES string of the molecule is C#CCCOC(=O)c1ccccc1COC. The number of esters is 1. The van der Waals surface area contributed by atoms with Crippen LogP contribution >= 0.6 is 0 Å². The highest BCUT2D eigenvalue weighted by molar-refractivity contribution is 5.91. The summed E-state index contributed by atoms with van der Waals surface area (Å²) in [4.78, 5) is 11.7. The van der Waals surface area contributed by atoms with Crippen molar-refractivity contribution in [3.8, 4) is 12.3 Å². The van der Waals surface area contributed by atoms with E-state index < -0.39 is 0 Å². The Hall–Kier alpha value is -1.79. The van der Waals surface area contributed by atoms with E-state index in [9.17, 15) is 4.79 Å². The molecular weight excluding hydrogens is 204 g/mol. The van der Waals surface area contributed by atoms with E-state index in [1.165, 1.54) is 0 Å². The van der Waals surface area contributed by atoms with Crippen LogP contribution in [0.4, 0.5) is 0 Å². The molecule has 0 amide bonds. The number of ether oxygens (including phenoxy) is 2. The summed E-state index contributed by atoms with van der Waals surface area (Å²) in [5.74, 6) is 2.05. The molecule has 3 nitrogen and oxygen atoms in total. The minimum absolute atomic E-state index is 0.247. The Balaban J connectivity index is 2.70. The van der Waals surface area contributed by atoms with Gasteiger partial charge < -0.3 is 9.47 Å². The zero-order chi connectivity index (χ0) is 11.8. The van der Waals surface area contributed by atoms with E-state index >= 15 is 0 Å². The van der Waals surface area contributed by atoms with E-state index in [1.54, 1.807) is 19.2 Å². The molecule has 1 rings (SSSR count). The average Bonchev–Trinajstić information content (AvgIpc) is 2.30. The van der Waals surface area contributed by atoms with Crippen molar-refractivity contribution in [3.63, 3.8) is 0 Å². The monoisotopic (exact) mass is 218 g/mol. The lowest BCUT2D eigenvalue weighted by Gasteiger charge is -2.07. The molecule has 0 radical (unpaired) electrons.